The van der Waals surface area contributed by atoms with Gasteiger partial charge in [-0.15, -0.1) is 0 Å². The molecule has 256 valence electrons. The van der Waals surface area contributed by atoms with Crippen LogP contribution >= 0.6 is 0 Å². The van der Waals surface area contributed by atoms with Crippen LogP contribution in [0.15, 0.2) is 46.9 Å². The van der Waals surface area contributed by atoms with E-state index in [0.717, 1.165) is 12.0 Å². The maximum Gasteiger partial charge on any atom is 0.252 e. The van der Waals surface area contributed by atoms with Gasteiger partial charge in [0.1, 0.15) is 11.9 Å². The molecule has 0 saturated heterocycles. The van der Waals surface area contributed by atoms with E-state index in [2.05, 4.69) is 10.0 Å². The molecule has 0 aromatic heterocycles. The van der Waals surface area contributed by atoms with Crippen LogP contribution in [0.25, 0.3) is 6.08 Å². The van der Waals surface area contributed by atoms with Gasteiger partial charge in [0.15, 0.2) is 29.3 Å². The minimum atomic E-state index is -3.87. The Morgan fingerprint density at radius 2 is 1.39 bits per heavy atom. The largest absolute Gasteiger partial charge is 0.451 e. The van der Waals surface area contributed by atoms with Crippen molar-refractivity contribution < 1.29 is 55.9 Å². The summed E-state index contributed by atoms with van der Waals surface area (Å²) in [6.07, 6.45) is -1.19. The smallest absolute Gasteiger partial charge is 0.252 e. The highest BCUT2D eigenvalue weighted by Gasteiger charge is 2.28. The Kier molecular flexibility index (Phi) is 16.9. The lowest BCUT2D eigenvalue weighted by molar-refractivity contribution is -0.144. The third kappa shape index (κ3) is 13.2. The van der Waals surface area contributed by atoms with Gasteiger partial charge in [0.25, 0.3) is 5.91 Å². The van der Waals surface area contributed by atoms with Gasteiger partial charge in [-0.3, -0.25) is 9.59 Å². The second-order valence-corrected chi connectivity index (χ2v) is 11.7. The van der Waals surface area contributed by atoms with Crippen molar-refractivity contribution in [3.05, 3.63) is 59.2 Å². The van der Waals surface area contributed by atoms with Crippen LogP contribution in [0.1, 0.15) is 39.2 Å². The molecule has 0 spiro atoms. The first kappa shape index (κ1) is 38.9. The van der Waals surface area contributed by atoms with Gasteiger partial charge in [0, 0.05) is 19.5 Å². The third-order valence-electron chi connectivity index (χ3n) is 6.42. The molecule has 0 saturated carbocycles. The van der Waals surface area contributed by atoms with Gasteiger partial charge in [-0.25, -0.2) is 21.9 Å². The molecule has 0 aliphatic heterocycles. The summed E-state index contributed by atoms with van der Waals surface area (Å²) in [5.41, 5.74) is 1.33. The van der Waals surface area contributed by atoms with Crippen molar-refractivity contribution in [1.82, 2.24) is 10.0 Å². The van der Waals surface area contributed by atoms with Crippen LogP contribution in [-0.2, 0) is 33.8 Å². The number of aliphatic hydroxyl groups is 2. The van der Waals surface area contributed by atoms with Crippen molar-refractivity contribution in [3.8, 4) is 11.5 Å². The number of halogens is 2. The molecule has 0 heterocycles. The molecule has 4 N–H and O–H groups in total. The van der Waals surface area contributed by atoms with Gasteiger partial charge in [0.05, 0.1) is 44.5 Å². The number of ether oxygens (including phenoxy) is 4. The van der Waals surface area contributed by atoms with Crippen LogP contribution in [0.4, 0.5) is 8.78 Å². The first-order valence-electron chi connectivity index (χ1n) is 14.7. The zero-order chi connectivity index (χ0) is 34.1. The number of rotatable bonds is 22. The van der Waals surface area contributed by atoms with Gasteiger partial charge in [0.2, 0.25) is 10.0 Å². The fourth-order valence-electron chi connectivity index (χ4n) is 3.70. The van der Waals surface area contributed by atoms with Crippen LogP contribution in [-0.4, -0.2) is 95.3 Å². The summed E-state index contributed by atoms with van der Waals surface area (Å²) in [7, 11) is -3.87. The Labute approximate surface area is 267 Å². The summed E-state index contributed by atoms with van der Waals surface area (Å²) >= 11 is 0. The molecule has 2 rings (SSSR count). The predicted molar refractivity (Wildman–Crippen MR) is 165 cm³/mol. The molecule has 0 fully saturated rings. The van der Waals surface area contributed by atoms with Crippen LogP contribution in [0, 0.1) is 11.6 Å². The SMILES string of the molecule is CCC(=O)[C@H](O)[C@@H](O)C(=O)NCCOCCOCCOCCNS(=O)(=O)c1ccc(Oc2c(F)cc(/C=C(\C)CC)cc2F)cc1. The van der Waals surface area contributed by atoms with E-state index in [1.165, 1.54) is 43.3 Å². The van der Waals surface area contributed by atoms with Gasteiger partial charge >= 0.3 is 0 Å². The Bertz CT molecular complexity index is 1380. The molecule has 0 aliphatic rings. The molecule has 2 atom stereocenters. The van der Waals surface area contributed by atoms with E-state index >= 15 is 0 Å². The summed E-state index contributed by atoms with van der Waals surface area (Å²) in [5.74, 6) is -3.80. The van der Waals surface area contributed by atoms with Crippen molar-refractivity contribution >= 4 is 27.8 Å². The molecule has 0 radical (unpaired) electrons. The molecule has 15 heteroatoms. The third-order valence-corrected chi connectivity index (χ3v) is 7.90. The monoisotopic (exact) mass is 672 g/mol. The van der Waals surface area contributed by atoms with Crippen molar-refractivity contribution in [2.24, 2.45) is 0 Å². The normalized spacial score (nSPS) is 13.3. The zero-order valence-electron chi connectivity index (χ0n) is 26.1. The molecule has 12 nitrogen and oxygen atoms in total. The lowest BCUT2D eigenvalue weighted by Crippen LogP contribution is -2.46. The number of hydrogen-bond acceptors (Lipinski definition) is 10. The Hall–Kier alpha value is -3.31. The topological polar surface area (TPSA) is 170 Å². The minimum absolute atomic E-state index is 0.00426. The van der Waals surface area contributed by atoms with E-state index in [4.69, 9.17) is 18.9 Å². The van der Waals surface area contributed by atoms with E-state index in [-0.39, 0.29) is 69.8 Å². The van der Waals surface area contributed by atoms with E-state index < -0.39 is 51.3 Å². The maximum atomic E-state index is 14.5. The zero-order valence-corrected chi connectivity index (χ0v) is 26.9. The lowest BCUT2D eigenvalue weighted by atomic mass is 10.1. The minimum Gasteiger partial charge on any atom is -0.451 e. The number of carbonyl (C=O) groups is 2. The summed E-state index contributed by atoms with van der Waals surface area (Å²) in [4.78, 5) is 23.0. The molecule has 1 amide bonds. The number of benzene rings is 2. The Balaban J connectivity index is 1.60. The second kappa shape index (κ2) is 20.0. The van der Waals surface area contributed by atoms with Crippen molar-refractivity contribution in [1.29, 1.82) is 0 Å². The number of nitrogens with one attached hydrogen (secondary N) is 2. The molecule has 2 aromatic carbocycles. The second-order valence-electron chi connectivity index (χ2n) is 9.97. The van der Waals surface area contributed by atoms with Crippen LogP contribution < -0.4 is 14.8 Å². The summed E-state index contributed by atoms with van der Waals surface area (Å²) in [6, 6.07) is 7.43. The number of aliphatic hydroxyl groups excluding tert-OH is 2. The van der Waals surface area contributed by atoms with Crippen molar-refractivity contribution in [2.75, 3.05) is 52.7 Å². The number of amides is 1. The van der Waals surface area contributed by atoms with E-state index in [1.54, 1.807) is 6.08 Å². The first-order chi connectivity index (χ1) is 21.9. The number of ketones is 1. The average Bonchev–Trinajstić information content (AvgIpc) is 3.03. The summed E-state index contributed by atoms with van der Waals surface area (Å²) in [5, 5.41) is 21.5. The highest BCUT2D eigenvalue weighted by molar-refractivity contribution is 7.89. The number of hydrogen-bond donors (Lipinski definition) is 4. The average molecular weight is 673 g/mol. The number of sulfonamides is 1. The quantitative estimate of drug-likeness (QED) is 0.137. The molecule has 0 bridgehead atoms. The fourth-order valence-corrected chi connectivity index (χ4v) is 4.72. The van der Waals surface area contributed by atoms with Gasteiger partial charge in [-0.1, -0.05) is 25.5 Å². The molecular weight excluding hydrogens is 630 g/mol. The highest BCUT2D eigenvalue weighted by Crippen LogP contribution is 2.30. The molecule has 0 unspecified atom stereocenters. The number of carbonyl (C=O) groups excluding carboxylic acids is 2. The first-order valence-corrected chi connectivity index (χ1v) is 16.2. The standard InChI is InChI=1S/C31H42F2N2O10S/c1-4-21(3)18-22-19-25(32)30(26(33)20-22)45-23-6-8-24(9-7-23)46(40,41)35-11-13-43-15-17-44-16-14-42-12-10-34-31(39)29(38)28(37)27(36)5-2/h6-9,18-20,28-29,35,37-38H,4-5,10-17H2,1-3H3,(H,34,39)/b21-18+/t28-,29+/m0/s1. The molecule has 46 heavy (non-hydrogen) atoms. The van der Waals surface area contributed by atoms with E-state index in [0.29, 0.717) is 5.56 Å². The van der Waals surface area contributed by atoms with Crippen molar-refractivity contribution in [3.63, 3.8) is 0 Å². The van der Waals surface area contributed by atoms with Crippen molar-refractivity contribution in [2.45, 2.75) is 50.7 Å². The molecular formula is C31H42F2N2O10S. The van der Waals surface area contributed by atoms with Crippen LogP contribution in [0.3, 0.4) is 0 Å². The Morgan fingerprint density at radius 1 is 0.848 bits per heavy atom. The Morgan fingerprint density at radius 3 is 1.93 bits per heavy atom. The van der Waals surface area contributed by atoms with Gasteiger partial charge in [-0.2, -0.15) is 0 Å². The predicted octanol–water partition coefficient (Wildman–Crippen LogP) is 2.72. The lowest BCUT2D eigenvalue weighted by Gasteiger charge is -2.15. The van der Waals surface area contributed by atoms with E-state index in [9.17, 15) is 37.0 Å². The van der Waals surface area contributed by atoms with E-state index in [1.807, 2.05) is 13.8 Å². The maximum absolute atomic E-state index is 14.5. The fraction of sp³-hybridized carbons (Fsp3) is 0.484. The summed E-state index contributed by atoms with van der Waals surface area (Å²) in [6.45, 7) is 6.41. The van der Waals surface area contributed by atoms with Crippen LogP contribution in [0.5, 0.6) is 11.5 Å². The van der Waals surface area contributed by atoms with Gasteiger partial charge in [-0.05, 0) is 55.3 Å². The van der Waals surface area contributed by atoms with Crippen LogP contribution in [0.2, 0.25) is 0 Å². The number of allylic oxidation sites excluding steroid dienone is 1. The summed E-state index contributed by atoms with van der Waals surface area (Å²) < 4.78 is 77.8. The highest BCUT2D eigenvalue weighted by atomic mass is 32.2. The number of Topliss-reactive ketones (excluding diaryl/α,β-unsaturated/α-hetero) is 1. The van der Waals surface area contributed by atoms with Gasteiger partial charge < -0.3 is 34.5 Å². The molecule has 2 aromatic rings. The molecule has 0 aliphatic carbocycles.